The molecule has 1 rings (SSSR count). The minimum absolute atomic E-state index is 0.433. The van der Waals surface area contributed by atoms with Crippen LogP contribution in [0.5, 0.6) is 17.2 Å². The molecule has 0 amide bonds. The van der Waals surface area contributed by atoms with Gasteiger partial charge in [-0.3, -0.25) is 9.59 Å². The Morgan fingerprint density at radius 3 is 1.88 bits per heavy atom. The average Bonchev–Trinajstić information content (AvgIpc) is 2.13. The molecule has 7 nitrogen and oxygen atoms in total. The van der Waals surface area contributed by atoms with Crippen LogP contribution in [-0.2, 0) is 9.59 Å². The molecule has 0 heterocycles. The number of hydrogen-bond acceptors (Lipinski definition) is 5. The van der Waals surface area contributed by atoms with Gasteiger partial charge < -0.3 is 25.5 Å². The van der Waals surface area contributed by atoms with E-state index >= 15 is 0 Å². The Kier molecular flexibility index (Phi) is 3.42. The molecule has 0 saturated carbocycles. The van der Waals surface area contributed by atoms with Crippen molar-refractivity contribution in [1.82, 2.24) is 0 Å². The molecule has 7 heteroatoms. The molecule has 5 N–H and O–H groups in total. The number of rotatable bonds is 4. The first-order valence-electron chi connectivity index (χ1n) is 4.52. The Labute approximate surface area is 95.2 Å². The molecule has 1 unspecified atom stereocenters. The number of hydrogen-bond donors (Lipinski definition) is 5. The van der Waals surface area contributed by atoms with Crippen LogP contribution < -0.4 is 0 Å². The van der Waals surface area contributed by atoms with Crippen LogP contribution in [0.4, 0.5) is 0 Å². The standard InChI is InChI=1S/C10H10O7/c11-4-1-6(12)9(7(13)2-4)5(10(16)17)3-8(14)15/h1-2,5,11-13H,3H2,(H,14,15)(H,16,17). The van der Waals surface area contributed by atoms with E-state index in [9.17, 15) is 19.8 Å². The molecule has 0 aliphatic carbocycles. The van der Waals surface area contributed by atoms with Crippen LogP contribution in [-0.4, -0.2) is 37.5 Å². The maximum atomic E-state index is 10.9. The molecule has 0 fully saturated rings. The van der Waals surface area contributed by atoms with Gasteiger partial charge in [-0.25, -0.2) is 0 Å². The number of phenolic OH excluding ortho intramolecular Hbond substituents is 3. The minimum Gasteiger partial charge on any atom is -0.508 e. The first kappa shape index (κ1) is 12.6. The molecular formula is C10H10O7. The number of phenols is 3. The van der Waals surface area contributed by atoms with Crippen molar-refractivity contribution in [2.24, 2.45) is 0 Å². The molecule has 1 aromatic rings. The second-order valence-corrected chi connectivity index (χ2v) is 3.39. The summed E-state index contributed by atoms with van der Waals surface area (Å²) >= 11 is 0. The molecule has 1 aromatic carbocycles. The van der Waals surface area contributed by atoms with Crippen molar-refractivity contribution in [1.29, 1.82) is 0 Å². The SMILES string of the molecule is O=C(O)CC(C(=O)O)c1c(O)cc(O)cc1O. The highest BCUT2D eigenvalue weighted by Crippen LogP contribution is 2.38. The number of aliphatic carboxylic acids is 2. The topological polar surface area (TPSA) is 135 Å². The fraction of sp³-hybridized carbons (Fsp3) is 0.200. The molecule has 0 aliphatic heterocycles. The fourth-order valence-corrected chi connectivity index (χ4v) is 1.45. The van der Waals surface area contributed by atoms with Crippen LogP contribution in [0.1, 0.15) is 17.9 Å². The lowest BCUT2D eigenvalue weighted by Crippen LogP contribution is -2.16. The lowest BCUT2D eigenvalue weighted by Gasteiger charge is -2.14. The third kappa shape index (κ3) is 2.77. The van der Waals surface area contributed by atoms with E-state index in [-0.39, 0.29) is 0 Å². The summed E-state index contributed by atoms with van der Waals surface area (Å²) in [6.07, 6.45) is -0.790. The minimum atomic E-state index is -1.59. The number of aromatic hydroxyl groups is 3. The van der Waals surface area contributed by atoms with Crippen molar-refractivity contribution in [2.45, 2.75) is 12.3 Å². The highest BCUT2D eigenvalue weighted by Gasteiger charge is 2.29. The predicted molar refractivity (Wildman–Crippen MR) is 54.1 cm³/mol. The van der Waals surface area contributed by atoms with Crippen molar-refractivity contribution in [2.75, 3.05) is 0 Å². The average molecular weight is 242 g/mol. The molecule has 1 atom stereocenters. The largest absolute Gasteiger partial charge is 0.508 e. The lowest BCUT2D eigenvalue weighted by molar-refractivity contribution is -0.145. The zero-order valence-corrected chi connectivity index (χ0v) is 8.49. The smallest absolute Gasteiger partial charge is 0.311 e. The van der Waals surface area contributed by atoms with Gasteiger partial charge in [-0.15, -0.1) is 0 Å². The zero-order valence-electron chi connectivity index (χ0n) is 8.49. The van der Waals surface area contributed by atoms with Gasteiger partial charge >= 0.3 is 11.9 Å². The first-order chi connectivity index (χ1) is 7.82. The van der Waals surface area contributed by atoms with Gasteiger partial charge in [0.15, 0.2) is 0 Å². The molecule has 0 aromatic heterocycles. The van der Waals surface area contributed by atoms with Gasteiger partial charge in [0.1, 0.15) is 17.2 Å². The molecule has 0 radical (unpaired) electrons. The summed E-state index contributed by atoms with van der Waals surface area (Å²) in [6, 6.07) is 1.65. The quantitative estimate of drug-likeness (QED) is 0.517. The van der Waals surface area contributed by atoms with E-state index in [1.165, 1.54) is 0 Å². The molecule has 0 bridgehead atoms. The summed E-state index contributed by atoms with van der Waals surface area (Å²) < 4.78 is 0. The van der Waals surface area contributed by atoms with Crippen LogP contribution in [0.25, 0.3) is 0 Å². The van der Waals surface area contributed by atoms with Crippen molar-refractivity contribution in [3.8, 4) is 17.2 Å². The summed E-state index contributed by atoms with van der Waals surface area (Å²) in [5.74, 6) is -6.27. The van der Waals surface area contributed by atoms with E-state index in [0.717, 1.165) is 12.1 Å². The van der Waals surface area contributed by atoms with Gasteiger partial charge in [0.05, 0.1) is 17.9 Å². The van der Waals surface area contributed by atoms with Crippen LogP contribution >= 0.6 is 0 Å². The maximum Gasteiger partial charge on any atom is 0.311 e. The van der Waals surface area contributed by atoms with E-state index in [1.54, 1.807) is 0 Å². The van der Waals surface area contributed by atoms with Crippen molar-refractivity contribution in [3.05, 3.63) is 17.7 Å². The molecule has 17 heavy (non-hydrogen) atoms. The number of carbonyl (C=O) groups is 2. The third-order valence-electron chi connectivity index (χ3n) is 2.15. The van der Waals surface area contributed by atoms with Crippen molar-refractivity contribution >= 4 is 11.9 Å². The van der Waals surface area contributed by atoms with Gasteiger partial charge in [0.25, 0.3) is 0 Å². The maximum absolute atomic E-state index is 10.9. The molecule has 0 saturated heterocycles. The number of carboxylic acids is 2. The summed E-state index contributed by atoms with van der Waals surface area (Å²) in [5.41, 5.74) is -0.433. The molecule has 0 aliphatic rings. The summed E-state index contributed by atoms with van der Waals surface area (Å²) in [4.78, 5) is 21.4. The Morgan fingerprint density at radius 2 is 1.53 bits per heavy atom. The number of carboxylic acid groups (broad SMARTS) is 2. The molecule has 92 valence electrons. The van der Waals surface area contributed by atoms with Crippen molar-refractivity contribution < 1.29 is 35.1 Å². The van der Waals surface area contributed by atoms with Crippen LogP contribution in [0.3, 0.4) is 0 Å². The Morgan fingerprint density at radius 1 is 1.06 bits per heavy atom. The third-order valence-corrected chi connectivity index (χ3v) is 2.15. The highest BCUT2D eigenvalue weighted by atomic mass is 16.4. The van der Waals surface area contributed by atoms with E-state index in [2.05, 4.69) is 0 Å². The lowest BCUT2D eigenvalue weighted by atomic mass is 9.94. The Balaban J connectivity index is 3.28. The second kappa shape index (κ2) is 4.60. The number of benzene rings is 1. The van der Waals surface area contributed by atoms with E-state index in [1.807, 2.05) is 0 Å². The Bertz CT molecular complexity index is 443. The molecule has 0 spiro atoms. The van der Waals surface area contributed by atoms with Gasteiger partial charge in [0.2, 0.25) is 0 Å². The van der Waals surface area contributed by atoms with Crippen LogP contribution in [0.2, 0.25) is 0 Å². The fourth-order valence-electron chi connectivity index (χ4n) is 1.45. The zero-order chi connectivity index (χ0) is 13.2. The monoisotopic (exact) mass is 242 g/mol. The Hall–Kier alpha value is -2.44. The summed E-state index contributed by atoms with van der Waals surface area (Å²) in [5, 5.41) is 45.3. The summed E-state index contributed by atoms with van der Waals surface area (Å²) in [7, 11) is 0. The second-order valence-electron chi connectivity index (χ2n) is 3.39. The molecular weight excluding hydrogens is 232 g/mol. The van der Waals surface area contributed by atoms with Crippen LogP contribution in [0, 0.1) is 0 Å². The van der Waals surface area contributed by atoms with Gasteiger partial charge in [-0.05, 0) is 0 Å². The van der Waals surface area contributed by atoms with E-state index in [0.29, 0.717) is 0 Å². The first-order valence-corrected chi connectivity index (χ1v) is 4.52. The van der Waals surface area contributed by atoms with Gasteiger partial charge in [-0.2, -0.15) is 0 Å². The van der Waals surface area contributed by atoms with E-state index in [4.69, 9.17) is 15.3 Å². The highest BCUT2D eigenvalue weighted by molar-refractivity contribution is 5.84. The van der Waals surface area contributed by atoms with Crippen molar-refractivity contribution in [3.63, 3.8) is 0 Å². The summed E-state index contributed by atoms with van der Waals surface area (Å²) in [6.45, 7) is 0. The van der Waals surface area contributed by atoms with Crippen LogP contribution in [0.15, 0.2) is 12.1 Å². The van der Waals surface area contributed by atoms with E-state index < -0.39 is 47.1 Å². The predicted octanol–water partition coefficient (Wildman–Crippen LogP) is 0.446. The van der Waals surface area contributed by atoms with Gasteiger partial charge in [0, 0.05) is 12.1 Å². The normalized spacial score (nSPS) is 12.0. The van der Waals surface area contributed by atoms with Gasteiger partial charge in [-0.1, -0.05) is 0 Å².